The minimum absolute atomic E-state index is 0.0378. The number of hydrogen-bond acceptors (Lipinski definition) is 6. The normalized spacial score (nSPS) is 23.0. The number of nitrogens with zero attached hydrogens (tertiary/aromatic N) is 1. The third kappa shape index (κ3) is 3.61. The van der Waals surface area contributed by atoms with Crippen LogP contribution in [0.25, 0.3) is 0 Å². The third-order valence-electron chi connectivity index (χ3n) is 3.88. The predicted molar refractivity (Wildman–Crippen MR) is 78.6 cm³/mol. The molecule has 1 aromatic rings. The van der Waals surface area contributed by atoms with Gasteiger partial charge < -0.3 is 4.74 Å². The van der Waals surface area contributed by atoms with Crippen molar-refractivity contribution in [2.45, 2.75) is 38.2 Å². The average molecular weight is 330 g/mol. The zero-order chi connectivity index (χ0) is 14.9. The van der Waals surface area contributed by atoms with Gasteiger partial charge in [-0.05, 0) is 31.6 Å². The summed E-state index contributed by atoms with van der Waals surface area (Å²) in [5.74, 6) is -0.355. The van der Waals surface area contributed by atoms with Gasteiger partial charge in [0.05, 0.1) is 11.9 Å². The standard InChI is InChI=1S/C13H18N2O4S2/c16-12(15-21(17,18)8-9-3-1-4-9)11-7-14-13(20-11)10-5-2-6-19-10/h7,9-10H,1-6,8H2,(H,15,16). The fourth-order valence-electron chi connectivity index (χ4n) is 2.52. The van der Waals surface area contributed by atoms with Gasteiger partial charge in [0.15, 0.2) is 0 Å². The Balaban J connectivity index is 1.62. The Labute approximate surface area is 128 Å². The van der Waals surface area contributed by atoms with Crippen LogP contribution in [0.4, 0.5) is 0 Å². The van der Waals surface area contributed by atoms with Gasteiger partial charge in [0.2, 0.25) is 10.0 Å². The van der Waals surface area contributed by atoms with Crippen LogP contribution in [0.1, 0.15) is 52.9 Å². The highest BCUT2D eigenvalue weighted by Gasteiger charge is 2.27. The van der Waals surface area contributed by atoms with E-state index in [0.29, 0.717) is 11.5 Å². The van der Waals surface area contributed by atoms with Crippen LogP contribution in [0.15, 0.2) is 6.20 Å². The first-order chi connectivity index (χ1) is 10.0. The first-order valence-electron chi connectivity index (χ1n) is 7.16. The summed E-state index contributed by atoms with van der Waals surface area (Å²) in [4.78, 5) is 16.5. The first kappa shape index (κ1) is 14.9. The van der Waals surface area contributed by atoms with Crippen LogP contribution in [0.5, 0.6) is 0 Å². The van der Waals surface area contributed by atoms with E-state index in [0.717, 1.165) is 37.1 Å². The van der Waals surface area contributed by atoms with Gasteiger partial charge in [-0.2, -0.15) is 0 Å². The van der Waals surface area contributed by atoms with Gasteiger partial charge in [-0.1, -0.05) is 6.42 Å². The number of hydrogen-bond donors (Lipinski definition) is 1. The monoisotopic (exact) mass is 330 g/mol. The first-order valence-corrected chi connectivity index (χ1v) is 9.62. The van der Waals surface area contributed by atoms with Crippen LogP contribution in [0, 0.1) is 5.92 Å². The summed E-state index contributed by atoms with van der Waals surface area (Å²) in [5.41, 5.74) is 0. The molecule has 1 amide bonds. The maximum absolute atomic E-state index is 12.0. The second kappa shape index (κ2) is 6.02. The molecule has 1 saturated carbocycles. The van der Waals surface area contributed by atoms with E-state index >= 15 is 0 Å². The molecule has 21 heavy (non-hydrogen) atoms. The molecular weight excluding hydrogens is 312 g/mol. The number of rotatable bonds is 5. The molecule has 116 valence electrons. The summed E-state index contributed by atoms with van der Waals surface area (Å²) in [7, 11) is -3.55. The van der Waals surface area contributed by atoms with Crippen LogP contribution in [0.3, 0.4) is 0 Å². The van der Waals surface area contributed by atoms with Crippen molar-refractivity contribution in [3.8, 4) is 0 Å². The van der Waals surface area contributed by atoms with E-state index in [9.17, 15) is 13.2 Å². The molecular formula is C13H18N2O4S2. The summed E-state index contributed by atoms with van der Waals surface area (Å²) in [6.07, 6.45) is 6.19. The molecule has 2 aliphatic rings. The Bertz CT molecular complexity index is 616. The lowest BCUT2D eigenvalue weighted by molar-refractivity contribution is 0.0985. The summed E-state index contributed by atoms with van der Waals surface area (Å²) in [6.45, 7) is 0.710. The Morgan fingerprint density at radius 2 is 2.19 bits per heavy atom. The molecule has 8 heteroatoms. The molecule has 1 aliphatic heterocycles. The molecule has 1 unspecified atom stereocenters. The Kier molecular flexibility index (Phi) is 4.28. The number of amides is 1. The Morgan fingerprint density at radius 3 is 2.81 bits per heavy atom. The minimum atomic E-state index is -3.55. The highest BCUT2D eigenvalue weighted by atomic mass is 32.2. The van der Waals surface area contributed by atoms with Gasteiger partial charge in [-0.15, -0.1) is 11.3 Å². The summed E-state index contributed by atoms with van der Waals surface area (Å²) < 4.78 is 31.5. The van der Waals surface area contributed by atoms with Crippen molar-refractivity contribution in [3.05, 3.63) is 16.1 Å². The van der Waals surface area contributed by atoms with Crippen LogP contribution < -0.4 is 4.72 Å². The van der Waals surface area contributed by atoms with Gasteiger partial charge in [0, 0.05) is 6.61 Å². The lowest BCUT2D eigenvalue weighted by atomic mass is 9.87. The number of carbonyl (C=O) groups is 1. The predicted octanol–water partition coefficient (Wildman–Crippen LogP) is 1.85. The van der Waals surface area contributed by atoms with E-state index in [2.05, 4.69) is 9.71 Å². The molecule has 1 saturated heterocycles. The number of thiazole rings is 1. The lowest BCUT2D eigenvalue weighted by Crippen LogP contribution is -2.36. The molecule has 1 N–H and O–H groups in total. The maximum Gasteiger partial charge on any atom is 0.276 e. The van der Waals surface area contributed by atoms with E-state index in [1.165, 1.54) is 17.5 Å². The van der Waals surface area contributed by atoms with Gasteiger partial charge in [-0.3, -0.25) is 4.79 Å². The van der Waals surface area contributed by atoms with E-state index < -0.39 is 15.9 Å². The Morgan fingerprint density at radius 1 is 1.38 bits per heavy atom. The molecule has 0 radical (unpaired) electrons. The van der Waals surface area contributed by atoms with Crippen molar-refractivity contribution < 1.29 is 17.9 Å². The molecule has 6 nitrogen and oxygen atoms in total. The van der Waals surface area contributed by atoms with Crippen LogP contribution in [0.2, 0.25) is 0 Å². The number of sulfonamides is 1. The van der Waals surface area contributed by atoms with Crippen LogP contribution in [-0.4, -0.2) is 31.7 Å². The lowest BCUT2D eigenvalue weighted by Gasteiger charge is -2.24. The van der Waals surface area contributed by atoms with E-state index in [1.807, 2.05) is 0 Å². The fraction of sp³-hybridized carbons (Fsp3) is 0.692. The second-order valence-electron chi connectivity index (χ2n) is 5.57. The van der Waals surface area contributed by atoms with E-state index in [-0.39, 0.29) is 17.8 Å². The van der Waals surface area contributed by atoms with Gasteiger partial charge in [-0.25, -0.2) is 18.1 Å². The fourth-order valence-corrected chi connectivity index (χ4v) is 4.91. The van der Waals surface area contributed by atoms with Crippen molar-refractivity contribution in [1.82, 2.24) is 9.71 Å². The third-order valence-corrected chi connectivity index (χ3v) is 6.38. The van der Waals surface area contributed by atoms with Gasteiger partial charge >= 0.3 is 0 Å². The largest absolute Gasteiger partial charge is 0.371 e. The molecule has 1 aliphatic carbocycles. The smallest absolute Gasteiger partial charge is 0.276 e. The highest BCUT2D eigenvalue weighted by molar-refractivity contribution is 7.90. The van der Waals surface area contributed by atoms with Gasteiger partial charge in [0.25, 0.3) is 5.91 Å². The SMILES string of the molecule is O=C(NS(=O)(=O)CC1CCC1)c1cnc(C2CCCO2)s1. The minimum Gasteiger partial charge on any atom is -0.371 e. The molecule has 2 heterocycles. The van der Waals surface area contributed by atoms with Crippen molar-refractivity contribution in [3.63, 3.8) is 0 Å². The van der Waals surface area contributed by atoms with E-state index in [4.69, 9.17) is 4.74 Å². The molecule has 1 atom stereocenters. The summed E-state index contributed by atoms with van der Waals surface area (Å²) in [5, 5.41) is 0.744. The quantitative estimate of drug-likeness (QED) is 0.890. The van der Waals surface area contributed by atoms with Gasteiger partial charge in [0.1, 0.15) is 16.0 Å². The Hall–Kier alpha value is -0.990. The second-order valence-corrected chi connectivity index (χ2v) is 8.40. The molecule has 0 aromatic carbocycles. The number of carbonyl (C=O) groups excluding carboxylic acids is 1. The van der Waals surface area contributed by atoms with Crippen molar-refractivity contribution in [2.24, 2.45) is 5.92 Å². The molecule has 1 aromatic heterocycles. The highest BCUT2D eigenvalue weighted by Crippen LogP contribution is 2.31. The van der Waals surface area contributed by atoms with Crippen molar-refractivity contribution in [2.75, 3.05) is 12.4 Å². The van der Waals surface area contributed by atoms with Crippen LogP contribution >= 0.6 is 11.3 Å². The van der Waals surface area contributed by atoms with E-state index in [1.54, 1.807) is 0 Å². The molecule has 3 rings (SSSR count). The summed E-state index contributed by atoms with van der Waals surface area (Å²) in [6, 6.07) is 0. The number of ether oxygens (including phenoxy) is 1. The van der Waals surface area contributed by atoms with Crippen LogP contribution in [-0.2, 0) is 14.8 Å². The number of aromatic nitrogens is 1. The van der Waals surface area contributed by atoms with Crippen molar-refractivity contribution in [1.29, 1.82) is 0 Å². The zero-order valence-electron chi connectivity index (χ0n) is 11.6. The molecule has 0 bridgehead atoms. The van der Waals surface area contributed by atoms with Crippen molar-refractivity contribution >= 4 is 27.3 Å². The summed E-state index contributed by atoms with van der Waals surface area (Å²) >= 11 is 1.20. The maximum atomic E-state index is 12.0. The molecule has 2 fully saturated rings. The zero-order valence-corrected chi connectivity index (χ0v) is 13.2. The topological polar surface area (TPSA) is 85.4 Å². The molecule has 0 spiro atoms. The average Bonchev–Trinajstić information content (AvgIpc) is 3.03. The number of nitrogens with one attached hydrogen (secondary N) is 1.